The number of anilines is 1. The van der Waals surface area contributed by atoms with Gasteiger partial charge in [0.1, 0.15) is 6.04 Å². The largest absolute Gasteiger partial charge is 0.352 e. The summed E-state index contributed by atoms with van der Waals surface area (Å²) in [4.78, 5) is 27.9. The number of nitrogens with one attached hydrogen (secondary N) is 1. The van der Waals surface area contributed by atoms with Crippen molar-refractivity contribution in [3.05, 3.63) is 65.2 Å². The summed E-state index contributed by atoms with van der Waals surface area (Å²) < 4.78 is 26.3. The van der Waals surface area contributed by atoms with Gasteiger partial charge in [0.05, 0.1) is 11.9 Å². The monoisotopic (exact) mass is 515 g/mol. The quantitative estimate of drug-likeness (QED) is 0.427. The van der Waals surface area contributed by atoms with Gasteiger partial charge in [-0.3, -0.25) is 13.9 Å². The maximum atomic E-state index is 13.4. The van der Waals surface area contributed by atoms with E-state index in [1.165, 1.54) is 10.6 Å². The fourth-order valence-corrected chi connectivity index (χ4v) is 4.89. The Morgan fingerprint density at radius 1 is 1.00 bits per heavy atom. The van der Waals surface area contributed by atoms with Crippen LogP contribution in [-0.2, 0) is 32.6 Å². The van der Waals surface area contributed by atoms with E-state index in [1.54, 1.807) is 24.0 Å². The molecule has 0 bridgehead atoms. The Labute approximate surface area is 216 Å². The molecule has 7 nitrogen and oxygen atoms in total. The highest BCUT2D eigenvalue weighted by Gasteiger charge is 2.27. The highest BCUT2D eigenvalue weighted by Crippen LogP contribution is 2.20. The predicted octanol–water partition coefficient (Wildman–Crippen LogP) is 4.44. The van der Waals surface area contributed by atoms with Crippen molar-refractivity contribution in [1.82, 2.24) is 10.2 Å². The second-order valence-corrected chi connectivity index (χ2v) is 11.3. The van der Waals surface area contributed by atoms with Gasteiger partial charge in [-0.1, -0.05) is 50.2 Å². The number of nitrogens with zero attached hydrogens (tertiary/aromatic N) is 2. The van der Waals surface area contributed by atoms with E-state index in [-0.39, 0.29) is 30.8 Å². The van der Waals surface area contributed by atoms with Gasteiger partial charge < -0.3 is 10.2 Å². The standard InChI is InChI=1S/C28H41N3O4S/c1-7-22(4)29-28(33)23(5)30(20-25-13-10-9-12-21(25)3)27(32)14-11-19-31(36(6,34)35)26-17-15-24(8-2)16-18-26/h9-10,12-13,15-18,22-23H,7-8,11,14,19-20H2,1-6H3,(H,29,33)/t22-,23+/m1/s1. The summed E-state index contributed by atoms with van der Waals surface area (Å²) in [6, 6.07) is 14.6. The van der Waals surface area contributed by atoms with Crippen molar-refractivity contribution in [3.8, 4) is 0 Å². The minimum Gasteiger partial charge on any atom is -0.352 e. The molecule has 0 aliphatic rings. The molecule has 1 N–H and O–H groups in total. The van der Waals surface area contributed by atoms with Gasteiger partial charge in [-0.2, -0.15) is 0 Å². The van der Waals surface area contributed by atoms with Crippen molar-refractivity contribution in [3.63, 3.8) is 0 Å². The lowest BCUT2D eigenvalue weighted by atomic mass is 10.1. The molecule has 0 aromatic heterocycles. The highest BCUT2D eigenvalue weighted by atomic mass is 32.2. The molecule has 36 heavy (non-hydrogen) atoms. The Kier molecular flexibility index (Phi) is 11.0. The molecule has 0 unspecified atom stereocenters. The summed E-state index contributed by atoms with van der Waals surface area (Å²) in [7, 11) is -3.51. The van der Waals surface area contributed by atoms with Crippen LogP contribution >= 0.6 is 0 Å². The van der Waals surface area contributed by atoms with E-state index in [2.05, 4.69) is 5.32 Å². The van der Waals surface area contributed by atoms with Crippen LogP contribution < -0.4 is 9.62 Å². The van der Waals surface area contributed by atoms with Gasteiger partial charge in [-0.15, -0.1) is 0 Å². The summed E-state index contributed by atoms with van der Waals surface area (Å²) >= 11 is 0. The predicted molar refractivity (Wildman–Crippen MR) is 146 cm³/mol. The van der Waals surface area contributed by atoms with Gasteiger partial charge in [-0.25, -0.2) is 8.42 Å². The van der Waals surface area contributed by atoms with Crippen molar-refractivity contribution in [2.75, 3.05) is 17.1 Å². The van der Waals surface area contributed by atoms with Crippen LogP contribution in [0.2, 0.25) is 0 Å². The molecule has 0 radical (unpaired) electrons. The van der Waals surface area contributed by atoms with Crippen LogP contribution in [0, 0.1) is 6.92 Å². The molecule has 0 spiro atoms. The Bertz CT molecular complexity index is 1120. The van der Waals surface area contributed by atoms with Crippen molar-refractivity contribution < 1.29 is 18.0 Å². The van der Waals surface area contributed by atoms with E-state index in [0.717, 1.165) is 29.5 Å². The number of sulfonamides is 1. The fourth-order valence-electron chi connectivity index (χ4n) is 3.92. The first-order chi connectivity index (χ1) is 17.0. The summed E-state index contributed by atoms with van der Waals surface area (Å²) in [5, 5.41) is 2.97. The molecule has 2 aromatic carbocycles. The lowest BCUT2D eigenvalue weighted by Gasteiger charge is -2.30. The lowest BCUT2D eigenvalue weighted by Crippen LogP contribution is -2.49. The maximum absolute atomic E-state index is 13.4. The average Bonchev–Trinajstić information content (AvgIpc) is 2.84. The van der Waals surface area contributed by atoms with E-state index in [4.69, 9.17) is 0 Å². The Hall–Kier alpha value is -2.87. The van der Waals surface area contributed by atoms with Gasteiger partial charge in [0.25, 0.3) is 0 Å². The van der Waals surface area contributed by atoms with Gasteiger partial charge in [0, 0.05) is 25.6 Å². The third-order valence-corrected chi connectivity index (χ3v) is 7.75. The van der Waals surface area contributed by atoms with Crippen LogP contribution in [0.3, 0.4) is 0 Å². The van der Waals surface area contributed by atoms with Crippen molar-refractivity contribution in [1.29, 1.82) is 0 Å². The van der Waals surface area contributed by atoms with Gasteiger partial charge in [0.2, 0.25) is 21.8 Å². The molecule has 0 aliphatic heterocycles. The van der Waals surface area contributed by atoms with Crippen LogP contribution in [0.5, 0.6) is 0 Å². The highest BCUT2D eigenvalue weighted by molar-refractivity contribution is 7.92. The van der Waals surface area contributed by atoms with E-state index < -0.39 is 16.1 Å². The minimum absolute atomic E-state index is 0.0118. The SMILES string of the molecule is CCc1ccc(N(CCCC(=O)N(Cc2ccccc2C)[C@@H](C)C(=O)N[C@H](C)CC)S(C)(=O)=O)cc1. The third kappa shape index (κ3) is 8.36. The number of hydrogen-bond acceptors (Lipinski definition) is 4. The molecule has 0 aliphatic carbocycles. The van der Waals surface area contributed by atoms with Crippen LogP contribution in [0.4, 0.5) is 5.69 Å². The molecule has 2 atom stereocenters. The molecule has 8 heteroatoms. The number of rotatable bonds is 13. The first-order valence-electron chi connectivity index (χ1n) is 12.7. The van der Waals surface area contributed by atoms with Crippen molar-refractivity contribution >= 4 is 27.5 Å². The number of benzene rings is 2. The van der Waals surface area contributed by atoms with E-state index in [9.17, 15) is 18.0 Å². The first kappa shape index (κ1) is 29.4. The second kappa shape index (κ2) is 13.4. The number of carbonyl (C=O) groups excluding carboxylic acids is 2. The van der Waals surface area contributed by atoms with Crippen LogP contribution in [0.25, 0.3) is 0 Å². The summed E-state index contributed by atoms with van der Waals surface area (Å²) in [5.74, 6) is -0.375. The molecule has 0 heterocycles. The summed E-state index contributed by atoms with van der Waals surface area (Å²) in [5.41, 5.74) is 3.73. The molecule has 2 aromatic rings. The molecule has 0 fully saturated rings. The zero-order valence-corrected chi connectivity index (χ0v) is 23.3. The number of amides is 2. The van der Waals surface area contributed by atoms with Gasteiger partial charge >= 0.3 is 0 Å². The maximum Gasteiger partial charge on any atom is 0.242 e. The smallest absolute Gasteiger partial charge is 0.242 e. The van der Waals surface area contributed by atoms with Crippen LogP contribution in [0.15, 0.2) is 48.5 Å². The molecule has 0 saturated heterocycles. The van der Waals surface area contributed by atoms with Crippen LogP contribution in [0.1, 0.15) is 63.6 Å². The van der Waals surface area contributed by atoms with E-state index in [1.807, 2.05) is 64.1 Å². The number of carbonyl (C=O) groups is 2. The minimum atomic E-state index is -3.51. The Morgan fingerprint density at radius 2 is 1.64 bits per heavy atom. The fraction of sp³-hybridized carbons (Fsp3) is 0.500. The zero-order valence-electron chi connectivity index (χ0n) is 22.5. The average molecular weight is 516 g/mol. The Balaban J connectivity index is 2.18. The normalized spacial score (nSPS) is 13.1. The number of aryl methyl sites for hydroxylation is 2. The van der Waals surface area contributed by atoms with Crippen LogP contribution in [-0.4, -0.2) is 50.0 Å². The topological polar surface area (TPSA) is 86.8 Å². The molecule has 2 amide bonds. The van der Waals surface area contributed by atoms with Gasteiger partial charge in [-0.05, 0) is 68.9 Å². The third-order valence-electron chi connectivity index (χ3n) is 6.56. The zero-order chi connectivity index (χ0) is 26.9. The van der Waals surface area contributed by atoms with E-state index in [0.29, 0.717) is 18.7 Å². The molecular weight excluding hydrogens is 474 g/mol. The lowest BCUT2D eigenvalue weighted by molar-refractivity contribution is -0.140. The second-order valence-electron chi connectivity index (χ2n) is 9.40. The van der Waals surface area contributed by atoms with Crippen molar-refractivity contribution in [2.45, 2.75) is 78.9 Å². The first-order valence-corrected chi connectivity index (χ1v) is 14.5. The van der Waals surface area contributed by atoms with Crippen molar-refractivity contribution in [2.24, 2.45) is 0 Å². The molecule has 2 rings (SSSR count). The summed E-state index contributed by atoms with van der Waals surface area (Å²) in [6.07, 6.45) is 3.31. The summed E-state index contributed by atoms with van der Waals surface area (Å²) in [6.45, 7) is 10.2. The molecular formula is C28H41N3O4S. The molecule has 0 saturated carbocycles. The molecule has 198 valence electrons. The van der Waals surface area contributed by atoms with E-state index >= 15 is 0 Å². The number of hydrogen-bond donors (Lipinski definition) is 1. The van der Waals surface area contributed by atoms with Gasteiger partial charge in [0.15, 0.2) is 0 Å². The Morgan fingerprint density at radius 3 is 2.19 bits per heavy atom.